The first-order valence-corrected chi connectivity index (χ1v) is 7.97. The zero-order chi connectivity index (χ0) is 14.5. The Morgan fingerprint density at radius 2 is 1.75 bits per heavy atom. The molecular weight excluding hydrogens is 334 g/mol. The number of hydrogen-bond donors (Lipinski definition) is 1. The molecule has 0 amide bonds. The van der Waals surface area contributed by atoms with Gasteiger partial charge in [-0.15, -0.1) is 0 Å². The van der Waals surface area contributed by atoms with Crippen LogP contribution in [-0.2, 0) is 13.1 Å². The number of halogens is 2. The molecule has 3 heteroatoms. The van der Waals surface area contributed by atoms with Gasteiger partial charge < -0.3 is 5.32 Å². The van der Waals surface area contributed by atoms with E-state index in [2.05, 4.69) is 65.4 Å². The fourth-order valence-corrected chi connectivity index (χ4v) is 2.63. The molecule has 1 nitrogen and oxygen atoms in total. The number of benzene rings is 2. The van der Waals surface area contributed by atoms with Crippen LogP contribution in [0.3, 0.4) is 0 Å². The molecule has 0 radical (unpaired) electrons. The topological polar surface area (TPSA) is 12.0 Å². The van der Waals surface area contributed by atoms with Gasteiger partial charge in [0.2, 0.25) is 0 Å². The maximum Gasteiger partial charge on any atom is 0.0451 e. The highest BCUT2D eigenvalue weighted by molar-refractivity contribution is 9.10. The molecule has 0 bridgehead atoms. The van der Waals surface area contributed by atoms with E-state index in [9.17, 15) is 0 Å². The van der Waals surface area contributed by atoms with Gasteiger partial charge in [0.25, 0.3) is 0 Å². The van der Waals surface area contributed by atoms with Gasteiger partial charge in [-0.05, 0) is 40.8 Å². The third-order valence-electron chi connectivity index (χ3n) is 3.30. The third-order valence-corrected chi connectivity index (χ3v) is 4.16. The molecule has 0 aromatic heterocycles. The average Bonchev–Trinajstić information content (AvgIpc) is 2.43. The SMILES string of the molecule is CC(C)c1ccc(CNCc2cc(Br)ccc2Cl)cc1. The summed E-state index contributed by atoms with van der Waals surface area (Å²) in [6.07, 6.45) is 0. The molecule has 0 heterocycles. The van der Waals surface area contributed by atoms with Gasteiger partial charge in [0.1, 0.15) is 0 Å². The third kappa shape index (κ3) is 4.34. The van der Waals surface area contributed by atoms with E-state index < -0.39 is 0 Å². The van der Waals surface area contributed by atoms with Crippen molar-refractivity contribution >= 4 is 27.5 Å². The zero-order valence-electron chi connectivity index (χ0n) is 11.8. The van der Waals surface area contributed by atoms with E-state index >= 15 is 0 Å². The van der Waals surface area contributed by atoms with Crippen LogP contribution in [0.2, 0.25) is 5.02 Å². The summed E-state index contributed by atoms with van der Waals surface area (Å²) in [5, 5.41) is 4.23. The highest BCUT2D eigenvalue weighted by Crippen LogP contribution is 2.21. The number of nitrogens with one attached hydrogen (secondary N) is 1. The van der Waals surface area contributed by atoms with Crippen molar-refractivity contribution in [2.24, 2.45) is 0 Å². The van der Waals surface area contributed by atoms with Gasteiger partial charge in [-0.1, -0.05) is 65.6 Å². The predicted octanol–water partition coefficient (Wildman–Crippen LogP) is 5.52. The minimum Gasteiger partial charge on any atom is -0.309 e. The molecular formula is C17H19BrClN. The standard InChI is InChI=1S/C17H19BrClN/c1-12(2)14-5-3-13(4-6-14)10-20-11-15-9-16(18)7-8-17(15)19/h3-9,12,20H,10-11H2,1-2H3. The lowest BCUT2D eigenvalue weighted by atomic mass is 10.0. The quantitative estimate of drug-likeness (QED) is 0.747. The molecule has 0 aliphatic heterocycles. The number of rotatable bonds is 5. The summed E-state index contributed by atoms with van der Waals surface area (Å²) in [6, 6.07) is 14.7. The fourth-order valence-electron chi connectivity index (χ4n) is 2.04. The summed E-state index contributed by atoms with van der Waals surface area (Å²) in [5.41, 5.74) is 3.78. The minimum absolute atomic E-state index is 0.581. The largest absolute Gasteiger partial charge is 0.309 e. The highest BCUT2D eigenvalue weighted by Gasteiger charge is 2.02. The second-order valence-corrected chi connectivity index (χ2v) is 6.56. The maximum absolute atomic E-state index is 6.17. The normalized spacial score (nSPS) is 11.1. The maximum atomic E-state index is 6.17. The second kappa shape index (κ2) is 7.26. The summed E-state index contributed by atoms with van der Waals surface area (Å²) in [5.74, 6) is 0.581. The van der Waals surface area contributed by atoms with E-state index in [1.165, 1.54) is 11.1 Å². The lowest BCUT2D eigenvalue weighted by Gasteiger charge is -2.09. The zero-order valence-corrected chi connectivity index (χ0v) is 14.1. The minimum atomic E-state index is 0.581. The van der Waals surface area contributed by atoms with E-state index in [-0.39, 0.29) is 0 Å². The van der Waals surface area contributed by atoms with Gasteiger partial charge in [-0.25, -0.2) is 0 Å². The Morgan fingerprint density at radius 3 is 2.40 bits per heavy atom. The summed E-state index contributed by atoms with van der Waals surface area (Å²) < 4.78 is 1.06. The summed E-state index contributed by atoms with van der Waals surface area (Å²) in [4.78, 5) is 0. The van der Waals surface area contributed by atoms with Gasteiger partial charge in [0, 0.05) is 22.6 Å². The van der Waals surface area contributed by atoms with Gasteiger partial charge in [-0.2, -0.15) is 0 Å². The van der Waals surface area contributed by atoms with Crippen LogP contribution in [-0.4, -0.2) is 0 Å². The van der Waals surface area contributed by atoms with Crippen LogP contribution in [0.15, 0.2) is 46.9 Å². The van der Waals surface area contributed by atoms with E-state index in [1.54, 1.807) is 0 Å². The van der Waals surface area contributed by atoms with Crippen molar-refractivity contribution in [1.82, 2.24) is 5.32 Å². The highest BCUT2D eigenvalue weighted by atomic mass is 79.9. The van der Waals surface area contributed by atoms with Gasteiger partial charge in [0.15, 0.2) is 0 Å². The lowest BCUT2D eigenvalue weighted by molar-refractivity contribution is 0.692. The van der Waals surface area contributed by atoms with Gasteiger partial charge >= 0.3 is 0 Å². The van der Waals surface area contributed by atoms with Crippen molar-refractivity contribution in [2.75, 3.05) is 0 Å². The monoisotopic (exact) mass is 351 g/mol. The fraction of sp³-hybridized carbons (Fsp3) is 0.294. The first-order valence-electron chi connectivity index (χ1n) is 6.79. The second-order valence-electron chi connectivity index (χ2n) is 5.24. The molecule has 1 N–H and O–H groups in total. The van der Waals surface area contributed by atoms with Crippen LogP contribution in [0.1, 0.15) is 36.5 Å². The van der Waals surface area contributed by atoms with Crippen LogP contribution in [0.25, 0.3) is 0 Å². The molecule has 0 atom stereocenters. The molecule has 0 aliphatic carbocycles. The molecule has 2 aromatic rings. The molecule has 0 saturated carbocycles. The first-order chi connectivity index (χ1) is 9.56. The Labute approximate surface area is 134 Å². The Hall–Kier alpha value is -0.830. The van der Waals surface area contributed by atoms with Gasteiger partial charge in [0.05, 0.1) is 0 Å². The molecule has 2 aromatic carbocycles. The van der Waals surface area contributed by atoms with Crippen molar-refractivity contribution in [1.29, 1.82) is 0 Å². The lowest BCUT2D eigenvalue weighted by Crippen LogP contribution is -2.13. The van der Waals surface area contributed by atoms with Crippen molar-refractivity contribution in [2.45, 2.75) is 32.9 Å². The summed E-state index contributed by atoms with van der Waals surface area (Å²) >= 11 is 9.64. The molecule has 2 rings (SSSR count). The molecule has 0 saturated heterocycles. The van der Waals surface area contributed by atoms with Crippen LogP contribution in [0.5, 0.6) is 0 Å². The van der Waals surface area contributed by atoms with Crippen molar-refractivity contribution in [3.05, 3.63) is 68.7 Å². The van der Waals surface area contributed by atoms with Crippen LogP contribution < -0.4 is 5.32 Å². The average molecular weight is 353 g/mol. The van der Waals surface area contributed by atoms with Gasteiger partial charge in [-0.3, -0.25) is 0 Å². The molecule has 106 valence electrons. The van der Waals surface area contributed by atoms with E-state index in [4.69, 9.17) is 11.6 Å². The molecule has 0 fully saturated rings. The van der Waals surface area contributed by atoms with Crippen molar-refractivity contribution < 1.29 is 0 Å². The molecule has 0 spiro atoms. The summed E-state index contributed by atoms with van der Waals surface area (Å²) in [6.45, 7) is 6.04. The van der Waals surface area contributed by atoms with Crippen molar-refractivity contribution in [3.8, 4) is 0 Å². The van der Waals surface area contributed by atoms with Crippen LogP contribution >= 0.6 is 27.5 Å². The van der Waals surface area contributed by atoms with Crippen LogP contribution in [0.4, 0.5) is 0 Å². The first kappa shape index (κ1) is 15.6. The van der Waals surface area contributed by atoms with Crippen molar-refractivity contribution in [3.63, 3.8) is 0 Å². The smallest absolute Gasteiger partial charge is 0.0451 e. The summed E-state index contributed by atoms with van der Waals surface area (Å²) in [7, 11) is 0. The Kier molecular flexibility index (Phi) is 5.64. The van der Waals surface area contributed by atoms with E-state index in [0.29, 0.717) is 5.92 Å². The van der Waals surface area contributed by atoms with E-state index in [1.807, 2.05) is 12.1 Å². The number of hydrogen-bond acceptors (Lipinski definition) is 1. The van der Waals surface area contributed by atoms with E-state index in [0.717, 1.165) is 28.1 Å². The molecule has 0 aliphatic rings. The Balaban J connectivity index is 1.91. The molecule has 0 unspecified atom stereocenters. The Morgan fingerprint density at radius 1 is 1.05 bits per heavy atom. The molecule has 20 heavy (non-hydrogen) atoms. The Bertz CT molecular complexity index is 564. The predicted molar refractivity (Wildman–Crippen MR) is 90.2 cm³/mol. The van der Waals surface area contributed by atoms with Crippen LogP contribution in [0, 0.1) is 0 Å².